The van der Waals surface area contributed by atoms with Gasteiger partial charge in [0.05, 0.1) is 5.02 Å². The van der Waals surface area contributed by atoms with Crippen LogP contribution in [0.25, 0.3) is 0 Å². The Hall–Kier alpha value is -0.620. The van der Waals surface area contributed by atoms with Gasteiger partial charge in [-0.1, -0.05) is 17.7 Å². The van der Waals surface area contributed by atoms with Gasteiger partial charge in [-0.3, -0.25) is 9.69 Å². The third kappa shape index (κ3) is 3.48. The smallest absolute Gasteiger partial charge is 0.325 e. The van der Waals surface area contributed by atoms with Crippen molar-refractivity contribution in [2.75, 3.05) is 33.2 Å². The highest BCUT2D eigenvalue weighted by atomic mass is 79.9. The number of likely N-dealkylation sites (N-methyl/N-ethyl adjacent to an activating group) is 1. The number of carboxylic acid groups (broad SMARTS) is 1. The van der Waals surface area contributed by atoms with E-state index in [1.54, 1.807) is 18.2 Å². The maximum Gasteiger partial charge on any atom is 0.325 e. The molecule has 0 spiro atoms. The molecule has 0 saturated carbocycles. The van der Waals surface area contributed by atoms with E-state index < -0.39 is 12.0 Å². The molecule has 1 N–H and O–H groups in total. The number of benzene rings is 1. The molecule has 6 heteroatoms. The Labute approximate surface area is 126 Å². The zero-order chi connectivity index (χ0) is 14.0. The first-order valence-electron chi connectivity index (χ1n) is 6.09. The van der Waals surface area contributed by atoms with Gasteiger partial charge < -0.3 is 10.0 Å². The quantitative estimate of drug-likeness (QED) is 0.912. The third-order valence-corrected chi connectivity index (χ3v) is 4.61. The van der Waals surface area contributed by atoms with Gasteiger partial charge in [0.15, 0.2) is 0 Å². The van der Waals surface area contributed by atoms with Crippen molar-refractivity contribution in [3.63, 3.8) is 0 Å². The van der Waals surface area contributed by atoms with Crippen molar-refractivity contribution in [3.05, 3.63) is 33.3 Å². The second-order valence-electron chi connectivity index (χ2n) is 4.75. The molecule has 4 nitrogen and oxygen atoms in total. The highest BCUT2D eigenvalue weighted by Gasteiger charge is 2.29. The monoisotopic (exact) mass is 346 g/mol. The van der Waals surface area contributed by atoms with Crippen molar-refractivity contribution in [2.24, 2.45) is 0 Å². The standard InChI is InChI=1S/C13H16BrClN2O2/c1-16-4-6-17(7-5-16)12(13(18)19)9-2-3-11(15)10(14)8-9/h2-3,8,12H,4-7H2,1H3,(H,18,19). The summed E-state index contributed by atoms with van der Waals surface area (Å²) in [6.45, 7) is 3.29. The third-order valence-electron chi connectivity index (χ3n) is 3.40. The zero-order valence-electron chi connectivity index (χ0n) is 10.6. The lowest BCUT2D eigenvalue weighted by molar-refractivity contribution is -0.144. The largest absolute Gasteiger partial charge is 0.480 e. The van der Waals surface area contributed by atoms with Crippen LogP contribution in [0.15, 0.2) is 22.7 Å². The summed E-state index contributed by atoms with van der Waals surface area (Å²) in [4.78, 5) is 15.8. The SMILES string of the molecule is CN1CCN(C(C(=O)O)c2ccc(Cl)c(Br)c2)CC1. The fourth-order valence-corrected chi connectivity index (χ4v) is 2.79. The minimum Gasteiger partial charge on any atom is -0.480 e. The van der Waals surface area contributed by atoms with Crippen LogP contribution in [0.2, 0.25) is 5.02 Å². The summed E-state index contributed by atoms with van der Waals surface area (Å²) >= 11 is 9.30. The Kier molecular flexibility index (Phi) is 4.84. The van der Waals surface area contributed by atoms with E-state index in [1.165, 1.54) is 0 Å². The summed E-state index contributed by atoms with van der Waals surface area (Å²) in [6.07, 6.45) is 0. The molecule has 0 amide bonds. The first kappa shape index (κ1) is 14.8. The van der Waals surface area contributed by atoms with E-state index in [0.717, 1.165) is 36.2 Å². The lowest BCUT2D eigenvalue weighted by Gasteiger charge is -2.36. The molecule has 1 aromatic carbocycles. The number of carbonyl (C=O) groups is 1. The summed E-state index contributed by atoms with van der Waals surface area (Å²) in [5.41, 5.74) is 0.758. The number of hydrogen-bond acceptors (Lipinski definition) is 3. The Bertz CT molecular complexity index is 476. The molecule has 1 aromatic rings. The average molecular weight is 348 g/mol. The normalized spacial score (nSPS) is 19.3. The summed E-state index contributed by atoms with van der Waals surface area (Å²) < 4.78 is 0.729. The van der Waals surface area contributed by atoms with Gasteiger partial charge in [-0.15, -0.1) is 0 Å². The summed E-state index contributed by atoms with van der Waals surface area (Å²) in [7, 11) is 2.05. The predicted octanol–water partition coefficient (Wildman–Crippen LogP) is 2.48. The molecular formula is C13H16BrClN2O2. The molecular weight excluding hydrogens is 332 g/mol. The number of carboxylic acids is 1. The van der Waals surface area contributed by atoms with Crippen LogP contribution in [-0.2, 0) is 4.79 Å². The highest BCUT2D eigenvalue weighted by Crippen LogP contribution is 2.29. The number of aliphatic carboxylic acids is 1. The van der Waals surface area contributed by atoms with Gasteiger partial charge in [-0.2, -0.15) is 0 Å². The number of halogens is 2. The van der Waals surface area contributed by atoms with Crippen molar-refractivity contribution >= 4 is 33.5 Å². The van der Waals surface area contributed by atoms with Crippen LogP contribution in [0.5, 0.6) is 0 Å². The lowest BCUT2D eigenvalue weighted by Crippen LogP contribution is -2.47. The molecule has 0 aliphatic carbocycles. The highest BCUT2D eigenvalue weighted by molar-refractivity contribution is 9.10. The van der Waals surface area contributed by atoms with Gasteiger partial charge in [-0.05, 0) is 40.7 Å². The summed E-state index contributed by atoms with van der Waals surface area (Å²) in [6, 6.07) is 4.69. The maximum absolute atomic E-state index is 11.6. The van der Waals surface area contributed by atoms with Crippen molar-refractivity contribution in [1.82, 2.24) is 9.80 Å². The number of hydrogen-bond donors (Lipinski definition) is 1. The van der Waals surface area contributed by atoms with E-state index in [1.807, 2.05) is 11.9 Å². The zero-order valence-corrected chi connectivity index (χ0v) is 13.0. The Morgan fingerprint density at radius 1 is 1.37 bits per heavy atom. The van der Waals surface area contributed by atoms with Crippen molar-refractivity contribution in [1.29, 1.82) is 0 Å². The maximum atomic E-state index is 11.6. The molecule has 1 aliphatic heterocycles. The minimum atomic E-state index is -0.821. The molecule has 0 aromatic heterocycles. The molecule has 1 fully saturated rings. The molecule has 1 aliphatic rings. The first-order valence-corrected chi connectivity index (χ1v) is 7.26. The number of piperazine rings is 1. The van der Waals surface area contributed by atoms with E-state index in [2.05, 4.69) is 20.8 Å². The van der Waals surface area contributed by atoms with Crippen molar-refractivity contribution in [2.45, 2.75) is 6.04 Å². The van der Waals surface area contributed by atoms with Gasteiger partial charge in [-0.25, -0.2) is 0 Å². The van der Waals surface area contributed by atoms with Crippen LogP contribution in [0.4, 0.5) is 0 Å². The van der Waals surface area contributed by atoms with E-state index in [9.17, 15) is 9.90 Å². The number of rotatable bonds is 3. The van der Waals surface area contributed by atoms with E-state index in [0.29, 0.717) is 5.02 Å². The number of nitrogens with zero attached hydrogens (tertiary/aromatic N) is 2. The Morgan fingerprint density at radius 2 is 2.00 bits per heavy atom. The van der Waals surface area contributed by atoms with E-state index >= 15 is 0 Å². The van der Waals surface area contributed by atoms with Gasteiger partial charge >= 0.3 is 5.97 Å². The van der Waals surface area contributed by atoms with Crippen LogP contribution in [0.1, 0.15) is 11.6 Å². The van der Waals surface area contributed by atoms with E-state index in [-0.39, 0.29) is 0 Å². The molecule has 0 bridgehead atoms. The molecule has 2 rings (SSSR count). The van der Waals surface area contributed by atoms with Gasteiger partial charge in [0, 0.05) is 30.7 Å². The Balaban J connectivity index is 2.24. The van der Waals surface area contributed by atoms with Crippen LogP contribution < -0.4 is 0 Å². The van der Waals surface area contributed by atoms with Gasteiger partial charge in [0.2, 0.25) is 0 Å². The van der Waals surface area contributed by atoms with Crippen molar-refractivity contribution < 1.29 is 9.90 Å². The molecule has 104 valence electrons. The molecule has 1 unspecified atom stereocenters. The van der Waals surface area contributed by atoms with Crippen LogP contribution in [-0.4, -0.2) is 54.1 Å². The Morgan fingerprint density at radius 3 is 2.53 bits per heavy atom. The minimum absolute atomic E-state index is 0.589. The van der Waals surface area contributed by atoms with Gasteiger partial charge in [0.25, 0.3) is 0 Å². The van der Waals surface area contributed by atoms with Crippen molar-refractivity contribution in [3.8, 4) is 0 Å². The topological polar surface area (TPSA) is 43.8 Å². The second-order valence-corrected chi connectivity index (χ2v) is 6.02. The fraction of sp³-hybridized carbons (Fsp3) is 0.462. The van der Waals surface area contributed by atoms with Crippen LogP contribution in [0, 0.1) is 0 Å². The van der Waals surface area contributed by atoms with Crippen LogP contribution >= 0.6 is 27.5 Å². The molecule has 1 saturated heterocycles. The summed E-state index contributed by atoms with van der Waals surface area (Å²) in [5.74, 6) is -0.821. The van der Waals surface area contributed by atoms with Gasteiger partial charge in [0.1, 0.15) is 6.04 Å². The average Bonchev–Trinajstić information content (AvgIpc) is 2.36. The molecule has 19 heavy (non-hydrogen) atoms. The fourth-order valence-electron chi connectivity index (χ4n) is 2.27. The molecule has 1 atom stereocenters. The first-order chi connectivity index (χ1) is 8.99. The predicted molar refractivity (Wildman–Crippen MR) is 78.6 cm³/mol. The molecule has 1 heterocycles. The van der Waals surface area contributed by atoms with Crippen LogP contribution in [0.3, 0.4) is 0 Å². The molecule has 0 radical (unpaired) electrons. The second kappa shape index (κ2) is 6.22. The summed E-state index contributed by atoms with van der Waals surface area (Å²) in [5, 5.41) is 10.1. The van der Waals surface area contributed by atoms with E-state index in [4.69, 9.17) is 11.6 Å². The lowest BCUT2D eigenvalue weighted by atomic mass is 10.0.